The van der Waals surface area contributed by atoms with Crippen LogP contribution in [0, 0.1) is 0 Å². The van der Waals surface area contributed by atoms with E-state index in [1.54, 1.807) is 0 Å². The van der Waals surface area contributed by atoms with E-state index < -0.39 is 0 Å². The van der Waals surface area contributed by atoms with Gasteiger partial charge in [0.1, 0.15) is 0 Å². The number of rotatable bonds is 31. The normalized spacial score (nSPS) is 10.8. The number of hydrogen-bond acceptors (Lipinski definition) is 1. The van der Waals surface area contributed by atoms with Gasteiger partial charge in [0.2, 0.25) is 0 Å². The molecule has 0 aromatic carbocycles. The minimum absolute atomic E-state index is 0. The highest BCUT2D eigenvalue weighted by Crippen LogP contribution is 2.13. The molecule has 0 atom stereocenters. The number of allylic oxidation sites excluding steroid dienone is 2. The summed E-state index contributed by atoms with van der Waals surface area (Å²) in [5, 5.41) is 3.67. The first kappa shape index (κ1) is 45.6. The zero-order chi connectivity index (χ0) is 25.3. The lowest BCUT2D eigenvalue weighted by Crippen LogP contribution is -2.16. The zero-order valence-electron chi connectivity index (χ0n) is 26.1. The fourth-order valence-electron chi connectivity index (χ4n) is 5.07. The first-order valence-electron chi connectivity index (χ1n) is 16.8. The monoisotopic (exact) mass is 599 g/mol. The van der Waals surface area contributed by atoms with Gasteiger partial charge in [0, 0.05) is 0 Å². The third-order valence-corrected chi connectivity index (χ3v) is 7.57. The van der Waals surface area contributed by atoms with Crippen LogP contribution in [0.25, 0.3) is 0 Å². The maximum absolute atomic E-state index is 3.67. The molecule has 0 aliphatic heterocycles. The largest absolute Gasteiger partial charge is 0.317 e. The van der Waals surface area contributed by atoms with Gasteiger partial charge in [-0.2, -0.15) is 0 Å². The molecular weight excluding hydrogens is 529 g/mol. The molecule has 0 aromatic rings. The van der Waals surface area contributed by atoms with Crippen LogP contribution in [-0.2, 0) is 0 Å². The van der Waals surface area contributed by atoms with Gasteiger partial charge in [0.05, 0.1) is 0 Å². The molecule has 0 radical (unpaired) electrons. The maximum atomic E-state index is 3.67. The minimum Gasteiger partial charge on any atom is -0.317 e. The Morgan fingerprint density at radius 3 is 0.842 bits per heavy atom. The van der Waals surface area contributed by atoms with E-state index in [1.807, 2.05) is 0 Å². The first-order chi connectivity index (χ1) is 17.4. The second-order valence-corrected chi connectivity index (χ2v) is 11.3. The smallest absolute Gasteiger partial charge is 0.00489 e. The number of nitrogens with one attached hydrogen (secondary N) is 1. The number of halogens is 3. The van der Waals surface area contributed by atoms with Gasteiger partial charge < -0.3 is 5.32 Å². The molecule has 0 amide bonds. The fraction of sp³-hybridized carbons (Fsp3) is 0.941. The summed E-state index contributed by atoms with van der Waals surface area (Å²) in [6, 6.07) is 0. The summed E-state index contributed by atoms with van der Waals surface area (Å²) in [4.78, 5) is 0. The van der Waals surface area contributed by atoms with Crippen molar-refractivity contribution in [3.8, 4) is 0 Å². The Morgan fingerprint density at radius 2 is 0.553 bits per heavy atom. The van der Waals surface area contributed by atoms with E-state index in [0.29, 0.717) is 0 Å². The molecule has 0 fully saturated rings. The molecule has 0 aromatic heterocycles. The third kappa shape index (κ3) is 43.6. The van der Waals surface area contributed by atoms with Gasteiger partial charge in [-0.1, -0.05) is 167 Å². The van der Waals surface area contributed by atoms with Crippen molar-refractivity contribution in [2.45, 2.75) is 194 Å². The van der Waals surface area contributed by atoms with E-state index in [4.69, 9.17) is 0 Å². The Labute approximate surface area is 260 Å². The molecule has 0 rings (SSSR count). The highest BCUT2D eigenvalue weighted by atomic mass is 35.5. The van der Waals surface area contributed by atoms with Crippen molar-refractivity contribution in [2.24, 2.45) is 0 Å². The summed E-state index contributed by atoms with van der Waals surface area (Å²) < 4.78 is 0. The van der Waals surface area contributed by atoms with Crippen LogP contribution in [0.5, 0.6) is 0 Å². The Bertz CT molecular complexity index is 390. The Morgan fingerprint density at radius 1 is 0.316 bits per heavy atom. The molecule has 0 aliphatic rings. The SMILES string of the molecule is CCCCCCCCC=CCCCCCCCCNCCCCCCCCCCCCCCCC.Cl.Cl.Cl. The van der Waals surface area contributed by atoms with E-state index >= 15 is 0 Å². The minimum atomic E-state index is 0. The quantitative estimate of drug-likeness (QED) is 0.0616. The lowest BCUT2D eigenvalue weighted by Gasteiger charge is -2.05. The Balaban J connectivity index is -0.00000193. The van der Waals surface area contributed by atoms with Gasteiger partial charge in [0.15, 0.2) is 0 Å². The Kier molecular flexibility index (Phi) is 53.4. The van der Waals surface area contributed by atoms with Gasteiger partial charge in [-0.3, -0.25) is 0 Å². The maximum Gasteiger partial charge on any atom is -0.00489 e. The van der Waals surface area contributed by atoms with Crippen molar-refractivity contribution in [3.05, 3.63) is 12.2 Å². The second kappa shape index (κ2) is 44.6. The average molecular weight is 601 g/mol. The van der Waals surface area contributed by atoms with Crippen molar-refractivity contribution in [3.63, 3.8) is 0 Å². The van der Waals surface area contributed by atoms with E-state index in [2.05, 4.69) is 31.3 Å². The molecule has 0 aliphatic carbocycles. The molecule has 0 unspecified atom stereocenters. The van der Waals surface area contributed by atoms with Gasteiger partial charge in [0.25, 0.3) is 0 Å². The van der Waals surface area contributed by atoms with E-state index in [-0.39, 0.29) is 37.2 Å². The highest BCUT2D eigenvalue weighted by Gasteiger charge is 1.95. The van der Waals surface area contributed by atoms with Gasteiger partial charge in [-0.25, -0.2) is 0 Å². The first-order valence-corrected chi connectivity index (χ1v) is 16.8. The predicted octanol–water partition coefficient (Wildman–Crippen LogP) is 13.4. The number of hydrogen-bond donors (Lipinski definition) is 1. The van der Waals surface area contributed by atoms with Crippen molar-refractivity contribution in [1.82, 2.24) is 5.32 Å². The lowest BCUT2D eigenvalue weighted by atomic mass is 10.0. The van der Waals surface area contributed by atoms with E-state index in [0.717, 1.165) is 0 Å². The molecule has 0 heterocycles. The predicted molar refractivity (Wildman–Crippen MR) is 184 cm³/mol. The van der Waals surface area contributed by atoms with Crippen molar-refractivity contribution in [2.75, 3.05) is 13.1 Å². The molecule has 0 saturated carbocycles. The lowest BCUT2D eigenvalue weighted by molar-refractivity contribution is 0.523. The summed E-state index contributed by atoms with van der Waals surface area (Å²) in [5.74, 6) is 0. The molecule has 0 bridgehead atoms. The van der Waals surface area contributed by atoms with Crippen LogP contribution >= 0.6 is 37.2 Å². The van der Waals surface area contributed by atoms with Gasteiger partial charge in [-0.05, 0) is 51.6 Å². The molecular formula is C34H72Cl3N. The molecule has 234 valence electrons. The van der Waals surface area contributed by atoms with E-state index in [1.165, 1.54) is 193 Å². The van der Waals surface area contributed by atoms with Crippen LogP contribution in [0.1, 0.15) is 194 Å². The fourth-order valence-corrected chi connectivity index (χ4v) is 5.07. The summed E-state index contributed by atoms with van der Waals surface area (Å²) >= 11 is 0. The zero-order valence-corrected chi connectivity index (χ0v) is 28.5. The van der Waals surface area contributed by atoms with Crippen LogP contribution in [0.3, 0.4) is 0 Å². The van der Waals surface area contributed by atoms with E-state index in [9.17, 15) is 0 Å². The standard InChI is InChI=1S/C34H69N.3ClH/c1-3-5-7-9-11-13-15-17-19-20-22-24-26-28-30-32-34-35-33-31-29-27-25-23-21-18-16-14-12-10-8-6-4-2;;;/h17,19,35H,3-16,18,20-34H2,1-2H3;3*1H. The topological polar surface area (TPSA) is 12.0 Å². The van der Waals surface area contributed by atoms with Gasteiger partial charge >= 0.3 is 0 Å². The molecule has 38 heavy (non-hydrogen) atoms. The summed E-state index contributed by atoms with van der Waals surface area (Å²) in [6.45, 7) is 7.07. The number of unbranched alkanes of at least 4 members (excludes halogenated alkanes) is 25. The molecule has 4 heteroatoms. The summed E-state index contributed by atoms with van der Waals surface area (Å²) in [5.41, 5.74) is 0. The van der Waals surface area contributed by atoms with Crippen molar-refractivity contribution in [1.29, 1.82) is 0 Å². The Hall–Kier alpha value is 0.570. The van der Waals surface area contributed by atoms with Crippen LogP contribution in [0.15, 0.2) is 12.2 Å². The van der Waals surface area contributed by atoms with Crippen molar-refractivity contribution < 1.29 is 0 Å². The molecule has 0 spiro atoms. The highest BCUT2D eigenvalue weighted by molar-refractivity contribution is 5.86. The molecule has 1 N–H and O–H groups in total. The average Bonchev–Trinajstić information content (AvgIpc) is 2.87. The summed E-state index contributed by atoms with van der Waals surface area (Å²) in [6.07, 6.45) is 44.8. The van der Waals surface area contributed by atoms with Crippen LogP contribution in [0.4, 0.5) is 0 Å². The summed E-state index contributed by atoms with van der Waals surface area (Å²) in [7, 11) is 0. The van der Waals surface area contributed by atoms with Gasteiger partial charge in [-0.15, -0.1) is 37.2 Å². The third-order valence-electron chi connectivity index (χ3n) is 7.57. The molecule has 1 nitrogen and oxygen atoms in total. The van der Waals surface area contributed by atoms with Crippen LogP contribution in [0.2, 0.25) is 0 Å². The second-order valence-electron chi connectivity index (χ2n) is 11.3. The van der Waals surface area contributed by atoms with Crippen LogP contribution in [-0.4, -0.2) is 13.1 Å². The molecule has 0 saturated heterocycles. The van der Waals surface area contributed by atoms with Crippen LogP contribution < -0.4 is 5.32 Å². The van der Waals surface area contributed by atoms with Crippen molar-refractivity contribution >= 4 is 37.2 Å².